The Labute approximate surface area is 54.4 Å². The van der Waals surface area contributed by atoms with Gasteiger partial charge in [0.15, 0.2) is 6.29 Å². The summed E-state index contributed by atoms with van der Waals surface area (Å²) in [6.07, 6.45) is 1.33. The Morgan fingerprint density at radius 1 is 1.67 bits per heavy atom. The summed E-state index contributed by atoms with van der Waals surface area (Å²) >= 11 is 0. The van der Waals surface area contributed by atoms with E-state index in [-0.39, 0.29) is 11.7 Å². The van der Waals surface area contributed by atoms with Crippen LogP contribution in [0.3, 0.4) is 0 Å². The maximum atomic E-state index is 9.98. The summed E-state index contributed by atoms with van der Waals surface area (Å²) in [6.45, 7) is 3.76. The first kappa shape index (κ1) is 8.01. The third-order valence-electron chi connectivity index (χ3n) is 0.721. The fraction of sp³-hybridized carbons (Fsp3) is 0.500. The highest BCUT2D eigenvalue weighted by molar-refractivity contribution is 5.71. The molecule has 0 unspecified atom stereocenters. The molecule has 0 aromatic rings. The lowest BCUT2D eigenvalue weighted by Gasteiger charge is -2.06. The molecule has 52 valence electrons. The number of hydrogen-bond donors (Lipinski definition) is 2. The zero-order valence-corrected chi connectivity index (χ0v) is 5.59. The van der Waals surface area contributed by atoms with Gasteiger partial charge in [0.1, 0.15) is 12.0 Å². The maximum Gasteiger partial charge on any atom is 0.169 e. The average Bonchev–Trinajstić information content (AvgIpc) is 1.82. The molecule has 9 heavy (non-hydrogen) atoms. The van der Waals surface area contributed by atoms with E-state index in [4.69, 9.17) is 5.11 Å². The van der Waals surface area contributed by atoms with Crippen molar-refractivity contribution in [3.8, 4) is 0 Å². The van der Waals surface area contributed by atoms with E-state index in [1.807, 2.05) is 13.8 Å². The lowest BCUT2D eigenvalue weighted by molar-refractivity contribution is -0.105. The zero-order chi connectivity index (χ0) is 7.28. The molecule has 0 fully saturated rings. The van der Waals surface area contributed by atoms with Gasteiger partial charge in [-0.2, -0.15) is 0 Å². The number of carbonyl (C=O) groups excluding carboxylic acids is 1. The van der Waals surface area contributed by atoms with Crippen molar-refractivity contribution in [3.63, 3.8) is 0 Å². The number of rotatable bonds is 3. The van der Waals surface area contributed by atoms with Crippen molar-refractivity contribution >= 4 is 6.29 Å². The monoisotopic (exact) mass is 129 g/mol. The maximum absolute atomic E-state index is 9.98. The summed E-state index contributed by atoms with van der Waals surface area (Å²) < 4.78 is 0. The molecule has 2 N–H and O–H groups in total. The SMILES string of the molecule is CC(C)N/C(C=O)=C/O. The summed E-state index contributed by atoms with van der Waals surface area (Å²) in [5.41, 5.74) is 0.213. The summed E-state index contributed by atoms with van der Waals surface area (Å²) in [4.78, 5) is 9.98. The second-order valence-corrected chi connectivity index (χ2v) is 2.00. The fourth-order valence-electron chi connectivity index (χ4n) is 0.435. The van der Waals surface area contributed by atoms with Gasteiger partial charge >= 0.3 is 0 Å². The van der Waals surface area contributed by atoms with E-state index in [2.05, 4.69) is 5.32 Å². The van der Waals surface area contributed by atoms with E-state index in [1.165, 1.54) is 0 Å². The van der Waals surface area contributed by atoms with Gasteiger partial charge < -0.3 is 10.4 Å². The number of nitrogens with one attached hydrogen (secondary N) is 1. The number of aliphatic hydroxyl groups excluding tert-OH is 1. The van der Waals surface area contributed by atoms with E-state index in [0.29, 0.717) is 6.29 Å². The Hall–Kier alpha value is -0.990. The van der Waals surface area contributed by atoms with Gasteiger partial charge in [0, 0.05) is 6.04 Å². The molecular weight excluding hydrogens is 118 g/mol. The highest BCUT2D eigenvalue weighted by Gasteiger charge is 1.94. The molecule has 0 saturated heterocycles. The molecule has 0 bridgehead atoms. The Kier molecular flexibility index (Phi) is 3.51. The van der Waals surface area contributed by atoms with Crippen molar-refractivity contribution in [2.45, 2.75) is 19.9 Å². The normalized spacial score (nSPS) is 11.7. The molecule has 0 aliphatic heterocycles. The number of carbonyl (C=O) groups is 1. The minimum absolute atomic E-state index is 0.175. The van der Waals surface area contributed by atoms with Crippen molar-refractivity contribution in [1.29, 1.82) is 0 Å². The van der Waals surface area contributed by atoms with Crippen LogP contribution in [-0.2, 0) is 4.79 Å². The molecule has 0 aliphatic carbocycles. The van der Waals surface area contributed by atoms with Crippen LogP contribution < -0.4 is 5.32 Å². The Bertz CT molecular complexity index is 118. The Morgan fingerprint density at radius 3 is 2.33 bits per heavy atom. The largest absolute Gasteiger partial charge is 0.513 e. The van der Waals surface area contributed by atoms with Gasteiger partial charge in [-0.15, -0.1) is 0 Å². The first-order valence-electron chi connectivity index (χ1n) is 2.76. The second-order valence-electron chi connectivity index (χ2n) is 2.00. The smallest absolute Gasteiger partial charge is 0.169 e. The van der Waals surface area contributed by atoms with Crippen molar-refractivity contribution < 1.29 is 9.90 Å². The lowest BCUT2D eigenvalue weighted by atomic mass is 10.4. The average molecular weight is 129 g/mol. The fourth-order valence-corrected chi connectivity index (χ4v) is 0.435. The molecule has 0 atom stereocenters. The quantitative estimate of drug-likeness (QED) is 0.333. The van der Waals surface area contributed by atoms with Gasteiger partial charge in [-0.25, -0.2) is 0 Å². The minimum Gasteiger partial charge on any atom is -0.513 e. The second kappa shape index (κ2) is 3.95. The van der Waals surface area contributed by atoms with Crippen LogP contribution >= 0.6 is 0 Å². The van der Waals surface area contributed by atoms with E-state index >= 15 is 0 Å². The van der Waals surface area contributed by atoms with Gasteiger partial charge in [0.25, 0.3) is 0 Å². The highest BCUT2D eigenvalue weighted by atomic mass is 16.2. The van der Waals surface area contributed by atoms with Gasteiger partial charge in [0.2, 0.25) is 0 Å². The molecule has 3 nitrogen and oxygen atoms in total. The summed E-state index contributed by atoms with van der Waals surface area (Å²) in [5.74, 6) is 0. The van der Waals surface area contributed by atoms with E-state index in [0.717, 1.165) is 6.26 Å². The van der Waals surface area contributed by atoms with Crippen LogP contribution in [0.4, 0.5) is 0 Å². The molecule has 0 amide bonds. The van der Waals surface area contributed by atoms with Crippen LogP contribution in [0.1, 0.15) is 13.8 Å². The van der Waals surface area contributed by atoms with Crippen molar-refractivity contribution in [1.82, 2.24) is 5.32 Å². The third kappa shape index (κ3) is 3.58. The summed E-state index contributed by atoms with van der Waals surface area (Å²) in [6, 6.07) is 0.175. The van der Waals surface area contributed by atoms with E-state index in [1.54, 1.807) is 0 Å². The molecular formula is C6H11NO2. The van der Waals surface area contributed by atoms with Gasteiger partial charge in [-0.05, 0) is 13.8 Å². The van der Waals surface area contributed by atoms with Gasteiger partial charge in [0.05, 0.1) is 0 Å². The van der Waals surface area contributed by atoms with Crippen LogP contribution in [0, 0.1) is 0 Å². The molecule has 0 spiro atoms. The van der Waals surface area contributed by atoms with E-state index in [9.17, 15) is 4.79 Å². The highest BCUT2D eigenvalue weighted by Crippen LogP contribution is 1.84. The molecule has 0 aromatic heterocycles. The molecule has 0 radical (unpaired) electrons. The third-order valence-corrected chi connectivity index (χ3v) is 0.721. The summed E-state index contributed by atoms with van der Waals surface area (Å²) in [7, 11) is 0. The van der Waals surface area contributed by atoms with Crippen LogP contribution in [0.2, 0.25) is 0 Å². The van der Waals surface area contributed by atoms with Crippen LogP contribution in [0.25, 0.3) is 0 Å². The van der Waals surface area contributed by atoms with Crippen LogP contribution in [0.5, 0.6) is 0 Å². The van der Waals surface area contributed by atoms with Gasteiger partial charge in [-0.1, -0.05) is 0 Å². The molecule has 0 rings (SSSR count). The Balaban J connectivity index is 3.71. The zero-order valence-electron chi connectivity index (χ0n) is 5.59. The van der Waals surface area contributed by atoms with Crippen molar-refractivity contribution in [3.05, 3.63) is 12.0 Å². The molecule has 0 aliphatic rings. The predicted molar refractivity (Wildman–Crippen MR) is 35.0 cm³/mol. The summed E-state index contributed by atoms with van der Waals surface area (Å²) in [5, 5.41) is 11.0. The topological polar surface area (TPSA) is 49.3 Å². The van der Waals surface area contributed by atoms with Crippen LogP contribution in [-0.4, -0.2) is 17.4 Å². The number of aldehydes is 1. The van der Waals surface area contributed by atoms with Crippen molar-refractivity contribution in [2.75, 3.05) is 0 Å². The number of aliphatic hydroxyl groups is 1. The molecule has 3 heteroatoms. The Morgan fingerprint density at radius 2 is 2.22 bits per heavy atom. The molecule has 0 saturated carbocycles. The minimum atomic E-state index is 0.175. The van der Waals surface area contributed by atoms with Crippen molar-refractivity contribution in [2.24, 2.45) is 0 Å². The van der Waals surface area contributed by atoms with E-state index < -0.39 is 0 Å². The molecule has 0 heterocycles. The van der Waals surface area contributed by atoms with Crippen LogP contribution in [0.15, 0.2) is 12.0 Å². The standard InChI is InChI=1S/C6H11NO2/c1-5(2)7-6(3-8)4-9/h3-5,7-8H,1-2H3/b6-3+. The number of allylic oxidation sites excluding steroid dienone is 1. The lowest BCUT2D eigenvalue weighted by Crippen LogP contribution is -2.22. The first-order chi connectivity index (χ1) is 4.20. The predicted octanol–water partition coefficient (Wildman–Crippen LogP) is 0.583. The number of hydrogen-bond acceptors (Lipinski definition) is 3. The van der Waals surface area contributed by atoms with Gasteiger partial charge in [-0.3, -0.25) is 4.79 Å². The first-order valence-corrected chi connectivity index (χ1v) is 2.76. The molecule has 0 aromatic carbocycles.